The Bertz CT molecular complexity index is 588. The highest BCUT2D eigenvalue weighted by Gasteiger charge is 2.33. The van der Waals surface area contributed by atoms with E-state index >= 15 is 0 Å². The van der Waals surface area contributed by atoms with Gasteiger partial charge in [0, 0.05) is 13.5 Å². The van der Waals surface area contributed by atoms with E-state index in [0.29, 0.717) is 0 Å². The van der Waals surface area contributed by atoms with Crippen molar-refractivity contribution in [2.75, 3.05) is 20.3 Å². The van der Waals surface area contributed by atoms with Crippen molar-refractivity contribution in [2.24, 2.45) is 16.2 Å². The monoisotopic (exact) mass is 495 g/mol. The number of hydrogen-bond acceptors (Lipinski definition) is 8. The first-order valence-electron chi connectivity index (χ1n) is 9.95. The summed E-state index contributed by atoms with van der Waals surface area (Å²) in [5, 5.41) is 0.688. The van der Waals surface area contributed by atoms with Crippen LogP contribution in [0.5, 0.6) is 0 Å². The molecule has 2 atom stereocenters. The summed E-state index contributed by atoms with van der Waals surface area (Å²) < 4.78 is 16.3. The number of alkyl halides is 1. The number of hydrogen-bond donors (Lipinski definition) is 0. The molecular weight excluding hydrogens is 458 g/mol. The van der Waals surface area contributed by atoms with Crippen LogP contribution in [0.4, 0.5) is 0 Å². The predicted molar refractivity (Wildman–Crippen MR) is 116 cm³/mol. The molecule has 0 aliphatic rings. The summed E-state index contributed by atoms with van der Waals surface area (Å²) in [6, 6.07) is 0. The highest BCUT2D eigenvalue weighted by molar-refractivity contribution is 9.09. The molecule has 0 spiro atoms. The maximum absolute atomic E-state index is 12.4. The maximum Gasteiger partial charge on any atom is 0.330 e. The predicted octanol–water partition coefficient (Wildman–Crippen LogP) is 4.05. The fourth-order valence-corrected chi connectivity index (χ4v) is 2.16. The van der Waals surface area contributed by atoms with Crippen LogP contribution in [0.1, 0.15) is 68.7 Å². The minimum Gasteiger partial charge on any atom is -0.463 e. The van der Waals surface area contributed by atoms with Gasteiger partial charge in [0.2, 0.25) is 0 Å². The van der Waals surface area contributed by atoms with E-state index in [1.807, 2.05) is 0 Å². The third-order valence-corrected chi connectivity index (χ3v) is 4.35. The number of rotatable bonds is 9. The second-order valence-electron chi connectivity index (χ2n) is 10.2. The number of esters is 2. The Morgan fingerprint density at radius 1 is 0.800 bits per heavy atom. The van der Waals surface area contributed by atoms with Crippen molar-refractivity contribution >= 4 is 33.8 Å². The second kappa shape index (κ2) is 11.4. The molecule has 0 fully saturated rings. The molecule has 0 saturated carbocycles. The van der Waals surface area contributed by atoms with E-state index in [0.717, 1.165) is 0 Å². The molecule has 8 nitrogen and oxygen atoms in total. The van der Waals surface area contributed by atoms with Crippen LogP contribution in [0.15, 0.2) is 0 Å². The Morgan fingerprint density at radius 3 is 1.70 bits per heavy atom. The Hall–Kier alpha value is -1.19. The molecule has 0 amide bonds. The van der Waals surface area contributed by atoms with Gasteiger partial charge < -0.3 is 19.0 Å². The van der Waals surface area contributed by atoms with Crippen molar-refractivity contribution in [3.63, 3.8) is 0 Å². The van der Waals surface area contributed by atoms with E-state index in [4.69, 9.17) is 19.0 Å². The molecule has 0 rings (SSSR count). The van der Waals surface area contributed by atoms with Crippen LogP contribution in [0.3, 0.4) is 0 Å². The summed E-state index contributed by atoms with van der Waals surface area (Å²) in [4.78, 5) is 41.7. The van der Waals surface area contributed by atoms with Crippen LogP contribution in [0.25, 0.3) is 0 Å². The van der Waals surface area contributed by atoms with E-state index in [1.54, 1.807) is 62.3 Å². The molecule has 0 aliphatic carbocycles. The minimum atomic E-state index is -0.871. The first kappa shape index (κ1) is 28.8. The van der Waals surface area contributed by atoms with Gasteiger partial charge in [-0.25, -0.2) is 4.79 Å². The van der Waals surface area contributed by atoms with Crippen molar-refractivity contribution in [1.29, 1.82) is 0 Å². The van der Waals surface area contributed by atoms with Gasteiger partial charge in [0.25, 0.3) is 0 Å². The van der Waals surface area contributed by atoms with Crippen LogP contribution in [0, 0.1) is 16.2 Å². The van der Waals surface area contributed by atoms with Crippen molar-refractivity contribution in [3.8, 4) is 0 Å². The van der Waals surface area contributed by atoms with Gasteiger partial charge >= 0.3 is 17.9 Å². The summed E-state index contributed by atoms with van der Waals surface area (Å²) in [6.07, 6.45) is -0.687. The topological polar surface area (TPSA) is 91.4 Å². The zero-order valence-corrected chi connectivity index (χ0v) is 21.5. The lowest BCUT2D eigenvalue weighted by Crippen LogP contribution is -2.43. The average Bonchev–Trinajstić information content (AvgIpc) is 2.54. The molecule has 0 N–H and O–H groups in total. The molecule has 176 valence electrons. The van der Waals surface area contributed by atoms with Gasteiger partial charge in [-0.15, -0.1) is 5.06 Å². The fourth-order valence-electron chi connectivity index (χ4n) is 1.65. The van der Waals surface area contributed by atoms with E-state index in [9.17, 15) is 14.4 Å². The summed E-state index contributed by atoms with van der Waals surface area (Å²) in [5.41, 5.74) is -2.02. The lowest BCUT2D eigenvalue weighted by Gasteiger charge is -2.31. The van der Waals surface area contributed by atoms with Crippen LogP contribution in [-0.4, -0.2) is 54.5 Å². The SMILES string of the molecule is CN(OC(=O)C(C)(C)C)[C@@H](C[C@@H](Br)OCCOC(=O)C(C)(C)C)OC(=O)C(C)(C)C. The molecule has 0 saturated heterocycles. The molecule has 30 heavy (non-hydrogen) atoms. The Balaban J connectivity index is 4.92. The number of carbonyl (C=O) groups excluding carboxylic acids is 3. The fraction of sp³-hybridized carbons (Fsp3) is 0.857. The van der Waals surface area contributed by atoms with Crippen LogP contribution >= 0.6 is 15.9 Å². The normalized spacial score (nSPS) is 14.8. The third kappa shape index (κ3) is 11.3. The third-order valence-electron chi connectivity index (χ3n) is 3.71. The van der Waals surface area contributed by atoms with Crippen molar-refractivity contribution in [3.05, 3.63) is 0 Å². The number of carbonyl (C=O) groups is 3. The van der Waals surface area contributed by atoms with Crippen molar-refractivity contribution in [1.82, 2.24) is 5.06 Å². The molecule has 0 aromatic rings. The number of halogens is 1. The molecular formula is C21H38BrNO7. The quantitative estimate of drug-likeness (QED) is 0.155. The van der Waals surface area contributed by atoms with Crippen LogP contribution < -0.4 is 0 Å². The summed E-state index contributed by atoms with van der Waals surface area (Å²) in [5.74, 6) is -1.21. The molecule has 9 heteroatoms. The summed E-state index contributed by atoms with van der Waals surface area (Å²) in [7, 11) is 1.52. The highest BCUT2D eigenvalue weighted by atomic mass is 79.9. The smallest absolute Gasteiger partial charge is 0.330 e. The zero-order chi connectivity index (χ0) is 23.9. The largest absolute Gasteiger partial charge is 0.463 e. The van der Waals surface area contributed by atoms with Gasteiger partial charge in [0.1, 0.15) is 11.6 Å². The lowest BCUT2D eigenvalue weighted by atomic mass is 9.97. The molecule has 0 heterocycles. The van der Waals surface area contributed by atoms with Gasteiger partial charge in [0.05, 0.1) is 22.9 Å². The molecule has 0 aromatic carbocycles. The van der Waals surface area contributed by atoms with E-state index in [-0.39, 0.29) is 25.6 Å². The van der Waals surface area contributed by atoms with Gasteiger partial charge in [-0.1, -0.05) is 15.9 Å². The van der Waals surface area contributed by atoms with Gasteiger partial charge in [-0.2, -0.15) is 0 Å². The van der Waals surface area contributed by atoms with Gasteiger partial charge in [0.15, 0.2) is 6.23 Å². The minimum absolute atomic E-state index is 0.0967. The lowest BCUT2D eigenvalue weighted by molar-refractivity contribution is -0.244. The summed E-state index contributed by atoms with van der Waals surface area (Å²) in [6.45, 7) is 16.0. The zero-order valence-electron chi connectivity index (χ0n) is 20.0. The number of hydroxylamine groups is 2. The molecule has 0 aromatic heterocycles. The van der Waals surface area contributed by atoms with Crippen molar-refractivity contribution in [2.45, 2.75) is 80.0 Å². The Kier molecular flexibility index (Phi) is 11.0. The molecule has 0 unspecified atom stereocenters. The summed E-state index contributed by atoms with van der Waals surface area (Å²) >= 11 is 3.38. The average molecular weight is 496 g/mol. The molecule has 0 radical (unpaired) electrons. The van der Waals surface area contributed by atoms with Crippen LogP contribution in [0.2, 0.25) is 0 Å². The first-order valence-corrected chi connectivity index (χ1v) is 10.9. The number of nitrogens with zero attached hydrogens (tertiary/aromatic N) is 1. The number of ether oxygens (including phenoxy) is 3. The van der Waals surface area contributed by atoms with E-state index in [2.05, 4.69) is 15.9 Å². The second-order valence-corrected chi connectivity index (χ2v) is 11.2. The highest BCUT2D eigenvalue weighted by Crippen LogP contribution is 2.23. The van der Waals surface area contributed by atoms with Crippen molar-refractivity contribution < 1.29 is 33.4 Å². The van der Waals surface area contributed by atoms with Gasteiger partial charge in [-0.3, -0.25) is 9.59 Å². The molecule has 0 aliphatic heterocycles. The molecule has 0 bridgehead atoms. The Morgan fingerprint density at radius 2 is 1.27 bits per heavy atom. The maximum atomic E-state index is 12.4. The van der Waals surface area contributed by atoms with E-state index < -0.39 is 39.4 Å². The first-order chi connectivity index (χ1) is 13.4. The Labute approximate surface area is 189 Å². The standard InChI is InChI=1S/C21H38BrNO7/c1-19(2,3)16(24)28-12-11-27-14(22)13-15(29-17(25)20(4,5)6)23(10)30-18(26)21(7,8)9/h14-15H,11-13H2,1-10H3/t14-,15+/m0/s1. The van der Waals surface area contributed by atoms with Crippen LogP contribution in [-0.2, 0) is 33.4 Å². The van der Waals surface area contributed by atoms with E-state index in [1.165, 1.54) is 12.1 Å². The van der Waals surface area contributed by atoms with Gasteiger partial charge in [-0.05, 0) is 62.3 Å².